The molecule has 0 radical (unpaired) electrons. The molecule has 1 atom stereocenters. The quantitative estimate of drug-likeness (QED) is 0.684. The minimum absolute atomic E-state index is 0.0736. The van der Waals surface area contributed by atoms with Gasteiger partial charge in [0.25, 0.3) is 0 Å². The number of para-hydroxylation sites is 1. The summed E-state index contributed by atoms with van der Waals surface area (Å²) < 4.78 is 11.1. The van der Waals surface area contributed by atoms with Crippen LogP contribution in [0.25, 0.3) is 6.08 Å². The highest BCUT2D eigenvalue weighted by Crippen LogP contribution is 2.29. The van der Waals surface area contributed by atoms with Crippen LogP contribution in [-0.2, 0) is 4.79 Å². The lowest BCUT2D eigenvalue weighted by atomic mass is 10.1. The SMILES string of the molecule is COc1cc(/C=C/C(=O)NCC2CCN(c3ccccc3)C2)ccc1OC(C)C. The van der Waals surface area contributed by atoms with Crippen molar-refractivity contribution in [3.05, 3.63) is 60.2 Å². The van der Waals surface area contributed by atoms with E-state index < -0.39 is 0 Å². The van der Waals surface area contributed by atoms with E-state index in [0.29, 0.717) is 24.0 Å². The van der Waals surface area contributed by atoms with Gasteiger partial charge in [-0.25, -0.2) is 0 Å². The largest absolute Gasteiger partial charge is 0.493 e. The first-order valence-electron chi connectivity index (χ1n) is 10.2. The van der Waals surface area contributed by atoms with Gasteiger partial charge in [0.15, 0.2) is 11.5 Å². The number of rotatable bonds is 8. The van der Waals surface area contributed by atoms with Crippen LogP contribution in [0.15, 0.2) is 54.6 Å². The molecule has 1 unspecified atom stereocenters. The number of benzene rings is 2. The Morgan fingerprint density at radius 1 is 1.21 bits per heavy atom. The lowest BCUT2D eigenvalue weighted by Gasteiger charge is -2.18. The Hall–Kier alpha value is -2.95. The molecule has 0 aliphatic carbocycles. The summed E-state index contributed by atoms with van der Waals surface area (Å²) in [6.45, 7) is 6.65. The van der Waals surface area contributed by atoms with Crippen LogP contribution in [0.1, 0.15) is 25.8 Å². The Balaban J connectivity index is 1.49. The van der Waals surface area contributed by atoms with E-state index in [-0.39, 0.29) is 12.0 Å². The lowest BCUT2D eigenvalue weighted by molar-refractivity contribution is -0.116. The number of nitrogens with one attached hydrogen (secondary N) is 1. The molecule has 0 aromatic heterocycles. The number of methoxy groups -OCH3 is 1. The third kappa shape index (κ3) is 6.01. The van der Waals surface area contributed by atoms with E-state index in [9.17, 15) is 4.79 Å². The van der Waals surface area contributed by atoms with Crippen molar-refractivity contribution in [2.45, 2.75) is 26.4 Å². The van der Waals surface area contributed by atoms with Gasteiger partial charge in [0.1, 0.15) is 0 Å². The van der Waals surface area contributed by atoms with Gasteiger partial charge in [-0.1, -0.05) is 24.3 Å². The zero-order valence-electron chi connectivity index (χ0n) is 17.4. The normalized spacial score (nSPS) is 16.4. The summed E-state index contributed by atoms with van der Waals surface area (Å²) in [5.74, 6) is 1.76. The van der Waals surface area contributed by atoms with E-state index in [1.54, 1.807) is 19.3 Å². The summed E-state index contributed by atoms with van der Waals surface area (Å²) in [6, 6.07) is 16.1. The molecule has 0 bridgehead atoms. The van der Waals surface area contributed by atoms with Crippen LogP contribution in [0.3, 0.4) is 0 Å². The van der Waals surface area contributed by atoms with Gasteiger partial charge in [0.05, 0.1) is 13.2 Å². The monoisotopic (exact) mass is 394 g/mol. The van der Waals surface area contributed by atoms with Crippen molar-refractivity contribution < 1.29 is 14.3 Å². The summed E-state index contributed by atoms with van der Waals surface area (Å²) in [7, 11) is 1.61. The number of anilines is 1. The van der Waals surface area contributed by atoms with Crippen LogP contribution in [0.5, 0.6) is 11.5 Å². The van der Waals surface area contributed by atoms with Crippen molar-refractivity contribution in [1.82, 2.24) is 5.32 Å². The molecule has 0 spiro atoms. The third-order valence-corrected chi connectivity index (χ3v) is 4.95. The average molecular weight is 395 g/mol. The van der Waals surface area contributed by atoms with Crippen LogP contribution in [0.4, 0.5) is 5.69 Å². The van der Waals surface area contributed by atoms with Gasteiger partial charge >= 0.3 is 0 Å². The Labute approximate surface area is 173 Å². The second-order valence-electron chi connectivity index (χ2n) is 7.59. The van der Waals surface area contributed by atoms with Gasteiger partial charge in [-0.15, -0.1) is 0 Å². The molecule has 1 aliphatic heterocycles. The number of hydrogen-bond donors (Lipinski definition) is 1. The van der Waals surface area contributed by atoms with E-state index in [1.807, 2.05) is 38.1 Å². The molecule has 1 aliphatic rings. The number of carbonyl (C=O) groups is 1. The van der Waals surface area contributed by atoms with Crippen LogP contribution in [0.2, 0.25) is 0 Å². The number of carbonyl (C=O) groups excluding carboxylic acids is 1. The second kappa shape index (κ2) is 10.0. The fourth-order valence-corrected chi connectivity index (χ4v) is 3.49. The van der Waals surface area contributed by atoms with Gasteiger partial charge in [0, 0.05) is 31.4 Å². The van der Waals surface area contributed by atoms with Gasteiger partial charge < -0.3 is 19.7 Å². The van der Waals surface area contributed by atoms with Crippen LogP contribution in [0, 0.1) is 5.92 Å². The molecular weight excluding hydrogens is 364 g/mol. The van der Waals surface area contributed by atoms with Gasteiger partial charge in [-0.3, -0.25) is 4.79 Å². The van der Waals surface area contributed by atoms with Crippen molar-refractivity contribution in [3.63, 3.8) is 0 Å². The predicted octanol–water partition coefficient (Wildman–Crippen LogP) is 4.14. The highest BCUT2D eigenvalue weighted by Gasteiger charge is 2.22. The van der Waals surface area contributed by atoms with Crippen molar-refractivity contribution in [2.75, 3.05) is 31.6 Å². The van der Waals surface area contributed by atoms with Crippen molar-refractivity contribution >= 4 is 17.7 Å². The minimum atomic E-state index is -0.0790. The van der Waals surface area contributed by atoms with Gasteiger partial charge in [0.2, 0.25) is 5.91 Å². The first-order chi connectivity index (χ1) is 14.0. The average Bonchev–Trinajstić information content (AvgIpc) is 3.21. The molecule has 29 heavy (non-hydrogen) atoms. The topological polar surface area (TPSA) is 50.8 Å². The number of hydrogen-bond acceptors (Lipinski definition) is 4. The Morgan fingerprint density at radius 3 is 2.72 bits per heavy atom. The van der Waals surface area contributed by atoms with E-state index in [0.717, 1.165) is 25.1 Å². The number of nitrogens with zero attached hydrogens (tertiary/aromatic N) is 1. The maximum Gasteiger partial charge on any atom is 0.244 e. The number of ether oxygens (including phenoxy) is 2. The first-order valence-corrected chi connectivity index (χ1v) is 10.2. The first kappa shape index (κ1) is 20.8. The van der Waals surface area contributed by atoms with Crippen LogP contribution < -0.4 is 19.7 Å². The summed E-state index contributed by atoms with van der Waals surface area (Å²) in [6.07, 6.45) is 4.53. The summed E-state index contributed by atoms with van der Waals surface area (Å²) in [4.78, 5) is 14.6. The molecule has 5 nitrogen and oxygen atoms in total. The van der Waals surface area contributed by atoms with E-state index in [1.165, 1.54) is 5.69 Å². The maximum absolute atomic E-state index is 12.2. The van der Waals surface area contributed by atoms with Crippen molar-refractivity contribution in [2.24, 2.45) is 5.92 Å². The van der Waals surface area contributed by atoms with Crippen LogP contribution in [-0.4, -0.2) is 38.8 Å². The van der Waals surface area contributed by atoms with Gasteiger partial charge in [-0.05, 0) is 62.1 Å². The van der Waals surface area contributed by atoms with E-state index in [2.05, 4.69) is 34.5 Å². The molecule has 3 rings (SSSR count). The molecule has 5 heteroatoms. The molecule has 1 fully saturated rings. The lowest BCUT2D eigenvalue weighted by Crippen LogP contribution is -2.29. The molecule has 2 aromatic carbocycles. The molecule has 2 aromatic rings. The Morgan fingerprint density at radius 2 is 2.00 bits per heavy atom. The zero-order chi connectivity index (χ0) is 20.6. The highest BCUT2D eigenvalue weighted by molar-refractivity contribution is 5.91. The molecule has 0 saturated carbocycles. The van der Waals surface area contributed by atoms with Crippen LogP contribution >= 0.6 is 0 Å². The summed E-state index contributed by atoms with van der Waals surface area (Å²) in [5, 5.41) is 3.02. The van der Waals surface area contributed by atoms with E-state index >= 15 is 0 Å². The molecule has 1 heterocycles. The zero-order valence-corrected chi connectivity index (χ0v) is 17.4. The predicted molar refractivity (Wildman–Crippen MR) is 118 cm³/mol. The standard InChI is InChI=1S/C24H30N2O3/c1-18(2)29-22-11-9-19(15-23(22)28-3)10-12-24(27)25-16-20-13-14-26(17-20)21-7-5-4-6-8-21/h4-12,15,18,20H,13-14,16-17H2,1-3H3,(H,25,27)/b12-10+. The minimum Gasteiger partial charge on any atom is -0.493 e. The van der Waals surface area contributed by atoms with E-state index in [4.69, 9.17) is 9.47 Å². The Kier molecular flexibility index (Phi) is 7.17. The smallest absolute Gasteiger partial charge is 0.244 e. The fraction of sp³-hybridized carbons (Fsp3) is 0.375. The third-order valence-electron chi connectivity index (χ3n) is 4.95. The maximum atomic E-state index is 12.2. The van der Waals surface area contributed by atoms with Crippen molar-refractivity contribution in [3.8, 4) is 11.5 Å². The highest BCUT2D eigenvalue weighted by atomic mass is 16.5. The molecular formula is C24H30N2O3. The Bertz CT molecular complexity index is 833. The molecule has 1 amide bonds. The molecule has 154 valence electrons. The number of amides is 1. The van der Waals surface area contributed by atoms with Crippen molar-refractivity contribution in [1.29, 1.82) is 0 Å². The molecule has 1 saturated heterocycles. The second-order valence-corrected chi connectivity index (χ2v) is 7.59. The molecule has 1 N–H and O–H groups in total. The summed E-state index contributed by atoms with van der Waals surface area (Å²) in [5.41, 5.74) is 2.14. The fourth-order valence-electron chi connectivity index (χ4n) is 3.49. The summed E-state index contributed by atoms with van der Waals surface area (Å²) >= 11 is 0. The van der Waals surface area contributed by atoms with Gasteiger partial charge in [-0.2, -0.15) is 0 Å².